The van der Waals surface area contributed by atoms with Gasteiger partial charge in [-0.1, -0.05) is 33.6 Å². The summed E-state index contributed by atoms with van der Waals surface area (Å²) in [4.78, 5) is 10.8. The smallest absolute Gasteiger partial charge is 0.125 e. The van der Waals surface area contributed by atoms with Crippen LogP contribution in [-0.4, -0.2) is 6.29 Å². The van der Waals surface area contributed by atoms with Crippen molar-refractivity contribution in [1.29, 1.82) is 0 Å². The molecule has 1 nitrogen and oxygen atoms in total. The Kier molecular flexibility index (Phi) is 2.60. The molecule has 0 bridgehead atoms. The lowest BCUT2D eigenvalue weighted by Crippen LogP contribution is -2.34. The molecule has 1 aliphatic carbocycles. The first-order chi connectivity index (χ1) is 5.54. The summed E-state index contributed by atoms with van der Waals surface area (Å²) in [5.74, 6) is 0. The third kappa shape index (κ3) is 1.88. The fourth-order valence-corrected chi connectivity index (χ4v) is 2.34. The Morgan fingerprint density at radius 2 is 2.00 bits per heavy atom. The number of carbonyl (C=O) groups is 1. The van der Waals surface area contributed by atoms with Crippen molar-refractivity contribution in [3.8, 4) is 0 Å². The topological polar surface area (TPSA) is 17.1 Å². The first kappa shape index (κ1) is 9.76. The monoisotopic (exact) mass is 168 g/mol. The van der Waals surface area contributed by atoms with Gasteiger partial charge in [-0.2, -0.15) is 0 Å². The second-order valence-electron chi connectivity index (χ2n) is 4.99. The normalized spacial score (nSPS) is 21.6. The highest BCUT2D eigenvalue weighted by Gasteiger charge is 2.39. The van der Waals surface area contributed by atoms with Gasteiger partial charge in [0.05, 0.1) is 0 Å². The van der Waals surface area contributed by atoms with Crippen LogP contribution in [0, 0.1) is 10.8 Å². The summed E-state index contributed by atoms with van der Waals surface area (Å²) >= 11 is 0. The average Bonchev–Trinajstić information content (AvgIpc) is 1.97. The molecule has 0 amide bonds. The van der Waals surface area contributed by atoms with Gasteiger partial charge in [0.1, 0.15) is 6.29 Å². The molecule has 0 spiro atoms. The Balaban J connectivity index is 2.53. The quantitative estimate of drug-likeness (QED) is 0.589. The van der Waals surface area contributed by atoms with Gasteiger partial charge in [-0.05, 0) is 24.7 Å². The summed E-state index contributed by atoms with van der Waals surface area (Å²) in [7, 11) is 0. The predicted octanol–water partition coefficient (Wildman–Crippen LogP) is 3.18. The lowest BCUT2D eigenvalue weighted by atomic mass is 9.60. The molecule has 1 saturated carbocycles. The molecule has 0 aromatic rings. The number of carbonyl (C=O) groups excluding carboxylic acids is 1. The van der Waals surface area contributed by atoms with Crippen LogP contribution >= 0.6 is 0 Å². The van der Waals surface area contributed by atoms with Crippen molar-refractivity contribution >= 4 is 6.29 Å². The van der Waals surface area contributed by atoms with Gasteiger partial charge >= 0.3 is 0 Å². The van der Waals surface area contributed by atoms with E-state index in [9.17, 15) is 4.79 Å². The van der Waals surface area contributed by atoms with Gasteiger partial charge < -0.3 is 4.79 Å². The fourth-order valence-electron chi connectivity index (χ4n) is 2.34. The first-order valence-corrected chi connectivity index (χ1v) is 5.00. The van der Waals surface area contributed by atoms with E-state index >= 15 is 0 Å². The molecular weight excluding hydrogens is 148 g/mol. The maximum Gasteiger partial charge on any atom is 0.125 e. The highest BCUT2D eigenvalue weighted by Crippen LogP contribution is 2.50. The lowest BCUT2D eigenvalue weighted by molar-refractivity contribution is -0.117. The van der Waals surface area contributed by atoms with Crippen LogP contribution in [-0.2, 0) is 4.79 Å². The van der Waals surface area contributed by atoms with Crippen LogP contribution < -0.4 is 0 Å². The zero-order valence-electron chi connectivity index (χ0n) is 8.52. The van der Waals surface area contributed by atoms with E-state index < -0.39 is 0 Å². The molecule has 0 aliphatic heterocycles. The summed E-state index contributed by atoms with van der Waals surface area (Å²) in [5, 5.41) is 0. The van der Waals surface area contributed by atoms with Crippen LogP contribution in [0.4, 0.5) is 0 Å². The minimum Gasteiger partial charge on any atom is -0.303 e. The van der Waals surface area contributed by atoms with Crippen LogP contribution in [0.25, 0.3) is 0 Å². The molecule has 70 valence electrons. The number of rotatable bonds is 4. The zero-order valence-corrected chi connectivity index (χ0v) is 8.52. The molecule has 1 aliphatic rings. The molecule has 0 atom stereocenters. The molecule has 12 heavy (non-hydrogen) atoms. The van der Waals surface area contributed by atoms with Crippen molar-refractivity contribution in [2.24, 2.45) is 10.8 Å². The first-order valence-electron chi connectivity index (χ1n) is 5.00. The number of hydrogen-bond acceptors (Lipinski definition) is 1. The van der Waals surface area contributed by atoms with E-state index in [0.717, 1.165) is 12.7 Å². The van der Waals surface area contributed by atoms with Gasteiger partial charge in [-0.25, -0.2) is 0 Å². The summed E-state index contributed by atoms with van der Waals surface area (Å²) in [6.45, 7) is 6.35. The minimum absolute atomic E-state index is 0.101. The second-order valence-corrected chi connectivity index (χ2v) is 4.99. The zero-order chi connectivity index (χ0) is 9.24. The Labute approximate surface area is 75.5 Å². The van der Waals surface area contributed by atoms with Crippen LogP contribution in [0.5, 0.6) is 0 Å². The van der Waals surface area contributed by atoms with Crippen molar-refractivity contribution in [3.63, 3.8) is 0 Å². The summed E-state index contributed by atoms with van der Waals surface area (Å²) in [6, 6.07) is 0. The van der Waals surface area contributed by atoms with E-state index in [1.165, 1.54) is 25.7 Å². The van der Waals surface area contributed by atoms with Crippen LogP contribution in [0.2, 0.25) is 0 Å². The van der Waals surface area contributed by atoms with E-state index in [-0.39, 0.29) is 5.41 Å². The minimum atomic E-state index is -0.101. The molecule has 1 heteroatoms. The Bertz CT molecular complexity index is 160. The van der Waals surface area contributed by atoms with Gasteiger partial charge in [-0.15, -0.1) is 0 Å². The van der Waals surface area contributed by atoms with Crippen molar-refractivity contribution in [3.05, 3.63) is 0 Å². The van der Waals surface area contributed by atoms with E-state index in [2.05, 4.69) is 20.8 Å². The maximum absolute atomic E-state index is 10.8. The van der Waals surface area contributed by atoms with Gasteiger partial charge in [-0.3, -0.25) is 0 Å². The van der Waals surface area contributed by atoms with E-state index in [4.69, 9.17) is 0 Å². The summed E-state index contributed by atoms with van der Waals surface area (Å²) in [5.41, 5.74) is 0.418. The van der Waals surface area contributed by atoms with Gasteiger partial charge in [0.15, 0.2) is 0 Å². The molecule has 0 aromatic carbocycles. The Morgan fingerprint density at radius 3 is 2.25 bits per heavy atom. The predicted molar refractivity (Wildman–Crippen MR) is 51.0 cm³/mol. The van der Waals surface area contributed by atoms with Crippen LogP contribution in [0.1, 0.15) is 52.9 Å². The standard InChI is InChI=1S/C11H20O/c1-4-11(6-5-7-11)8-10(2,3)9-12/h9H,4-8H2,1-3H3. The molecule has 0 N–H and O–H groups in total. The highest BCUT2D eigenvalue weighted by molar-refractivity contribution is 5.58. The molecule has 0 aromatic heterocycles. The van der Waals surface area contributed by atoms with E-state index in [1.54, 1.807) is 0 Å². The van der Waals surface area contributed by atoms with Gasteiger partial charge in [0.25, 0.3) is 0 Å². The molecule has 0 saturated heterocycles. The Hall–Kier alpha value is -0.330. The molecular formula is C11H20O. The van der Waals surface area contributed by atoms with Crippen molar-refractivity contribution in [1.82, 2.24) is 0 Å². The van der Waals surface area contributed by atoms with Gasteiger partial charge in [0.2, 0.25) is 0 Å². The van der Waals surface area contributed by atoms with Crippen LogP contribution in [0.3, 0.4) is 0 Å². The SMILES string of the molecule is CCC1(CC(C)(C)C=O)CCC1. The maximum atomic E-state index is 10.8. The second kappa shape index (κ2) is 3.20. The van der Waals surface area contributed by atoms with Crippen molar-refractivity contribution in [2.75, 3.05) is 0 Å². The fraction of sp³-hybridized carbons (Fsp3) is 0.909. The largest absolute Gasteiger partial charge is 0.303 e. The highest BCUT2D eigenvalue weighted by atomic mass is 16.1. The van der Waals surface area contributed by atoms with E-state index in [1.807, 2.05) is 0 Å². The lowest BCUT2D eigenvalue weighted by Gasteiger charge is -2.45. The summed E-state index contributed by atoms with van der Waals surface area (Å²) in [6.07, 6.45) is 7.47. The van der Waals surface area contributed by atoms with Crippen LogP contribution in [0.15, 0.2) is 0 Å². The Morgan fingerprint density at radius 1 is 1.42 bits per heavy atom. The number of aldehydes is 1. The number of hydrogen-bond donors (Lipinski definition) is 0. The molecule has 0 heterocycles. The summed E-state index contributed by atoms with van der Waals surface area (Å²) < 4.78 is 0. The molecule has 1 fully saturated rings. The average molecular weight is 168 g/mol. The van der Waals surface area contributed by atoms with Gasteiger partial charge in [0, 0.05) is 5.41 Å². The molecule has 1 rings (SSSR count). The van der Waals surface area contributed by atoms with Crippen molar-refractivity contribution in [2.45, 2.75) is 52.9 Å². The third-order valence-corrected chi connectivity index (χ3v) is 3.31. The molecule has 0 radical (unpaired) electrons. The molecule has 0 unspecified atom stereocenters. The third-order valence-electron chi connectivity index (χ3n) is 3.31. The van der Waals surface area contributed by atoms with Crippen molar-refractivity contribution < 1.29 is 4.79 Å². The van der Waals surface area contributed by atoms with E-state index in [0.29, 0.717) is 5.41 Å².